The molecule has 3 rings (SSSR count). The van der Waals surface area contributed by atoms with Crippen molar-refractivity contribution in [1.29, 1.82) is 0 Å². The number of aryl methyl sites for hydroxylation is 1. The zero-order valence-corrected chi connectivity index (χ0v) is 15.3. The van der Waals surface area contributed by atoms with Gasteiger partial charge in [-0.05, 0) is 18.1 Å². The van der Waals surface area contributed by atoms with Crippen molar-refractivity contribution in [2.45, 2.75) is 25.8 Å². The number of carbonyl (C=O) groups excluding carboxylic acids is 2. The predicted octanol–water partition coefficient (Wildman–Crippen LogP) is 3.15. The molecule has 138 valence electrons. The quantitative estimate of drug-likeness (QED) is 0.625. The third-order valence-corrected chi connectivity index (χ3v) is 4.25. The summed E-state index contributed by atoms with van der Waals surface area (Å²) in [5, 5.41) is 7.08. The minimum Gasteiger partial charge on any atom is -0.352 e. The van der Waals surface area contributed by atoms with Gasteiger partial charge in [0.25, 0.3) is 0 Å². The Morgan fingerprint density at radius 2 is 1.89 bits per heavy atom. The molecule has 0 aliphatic rings. The number of carbonyl (C=O) groups is 2. The summed E-state index contributed by atoms with van der Waals surface area (Å²) in [7, 11) is 1.85. The lowest BCUT2D eigenvalue weighted by Crippen LogP contribution is -2.23. The fourth-order valence-corrected chi connectivity index (χ4v) is 2.84. The smallest absolute Gasteiger partial charge is 0.220 e. The molecule has 0 aliphatic heterocycles. The maximum atomic E-state index is 12.1. The number of aromatic nitrogens is 3. The van der Waals surface area contributed by atoms with Crippen molar-refractivity contribution in [1.82, 2.24) is 20.1 Å². The average molecular weight is 362 g/mol. The van der Waals surface area contributed by atoms with E-state index in [-0.39, 0.29) is 11.7 Å². The summed E-state index contributed by atoms with van der Waals surface area (Å²) in [5.41, 5.74) is 3.34. The Kier molecular flexibility index (Phi) is 6.10. The Morgan fingerprint density at radius 1 is 1.07 bits per heavy atom. The van der Waals surface area contributed by atoms with E-state index in [1.165, 1.54) is 0 Å². The van der Waals surface area contributed by atoms with Gasteiger partial charge in [0, 0.05) is 50.0 Å². The van der Waals surface area contributed by atoms with Crippen LogP contribution in [0.15, 0.2) is 61.1 Å². The summed E-state index contributed by atoms with van der Waals surface area (Å²) < 4.78 is 1.72. The number of benzene rings is 1. The minimum absolute atomic E-state index is 0.0644. The number of nitrogens with zero attached hydrogens (tertiary/aromatic N) is 3. The molecule has 0 saturated carbocycles. The predicted molar refractivity (Wildman–Crippen MR) is 103 cm³/mol. The molecule has 27 heavy (non-hydrogen) atoms. The Hall–Kier alpha value is -3.28. The fourth-order valence-electron chi connectivity index (χ4n) is 2.84. The van der Waals surface area contributed by atoms with Gasteiger partial charge < -0.3 is 5.32 Å². The van der Waals surface area contributed by atoms with Crippen molar-refractivity contribution in [3.05, 3.63) is 72.2 Å². The van der Waals surface area contributed by atoms with Crippen LogP contribution in [0.25, 0.3) is 11.3 Å². The number of Topliss-reactive ketones (excluding diaryl/α,β-unsaturated/α-hetero) is 1. The van der Waals surface area contributed by atoms with Crippen LogP contribution in [0.2, 0.25) is 0 Å². The molecule has 0 fully saturated rings. The van der Waals surface area contributed by atoms with Gasteiger partial charge in [0.2, 0.25) is 5.91 Å². The zero-order valence-electron chi connectivity index (χ0n) is 15.3. The Bertz CT molecular complexity index is 919. The first-order chi connectivity index (χ1) is 13.1. The first kappa shape index (κ1) is 18.5. The molecule has 0 unspecified atom stereocenters. The van der Waals surface area contributed by atoms with Crippen LogP contribution in [-0.4, -0.2) is 26.5 Å². The van der Waals surface area contributed by atoms with Gasteiger partial charge in [-0.25, -0.2) is 0 Å². The monoisotopic (exact) mass is 362 g/mol. The lowest BCUT2D eigenvalue weighted by molar-refractivity contribution is -0.121. The van der Waals surface area contributed by atoms with Gasteiger partial charge in [0.05, 0.1) is 11.9 Å². The second-order valence-electron chi connectivity index (χ2n) is 6.33. The number of rotatable bonds is 8. The first-order valence-corrected chi connectivity index (χ1v) is 8.91. The average Bonchev–Trinajstić information content (AvgIpc) is 3.13. The SMILES string of the molecule is Cn1cc(-c2ncccc2CNC(=O)CCCC(=O)c2ccccc2)cn1. The van der Waals surface area contributed by atoms with Crippen molar-refractivity contribution < 1.29 is 9.59 Å². The summed E-state index contributed by atoms with van der Waals surface area (Å²) in [6.07, 6.45) is 6.59. The van der Waals surface area contributed by atoms with Crippen LogP contribution in [0, 0.1) is 0 Å². The van der Waals surface area contributed by atoms with E-state index >= 15 is 0 Å². The van der Waals surface area contributed by atoms with Crippen LogP contribution >= 0.6 is 0 Å². The van der Waals surface area contributed by atoms with Crippen LogP contribution in [0.4, 0.5) is 0 Å². The number of pyridine rings is 1. The summed E-state index contributed by atoms with van der Waals surface area (Å²) in [5.74, 6) is -0.00799. The van der Waals surface area contributed by atoms with E-state index in [2.05, 4.69) is 15.4 Å². The van der Waals surface area contributed by atoms with E-state index in [0.29, 0.717) is 31.4 Å². The summed E-state index contributed by atoms with van der Waals surface area (Å²) in [6.45, 7) is 0.392. The molecule has 1 N–H and O–H groups in total. The Morgan fingerprint density at radius 3 is 2.63 bits per heavy atom. The van der Waals surface area contributed by atoms with Gasteiger partial charge in [-0.3, -0.25) is 19.3 Å². The molecule has 3 aromatic rings. The van der Waals surface area contributed by atoms with Crippen molar-refractivity contribution in [3.8, 4) is 11.3 Å². The molecule has 0 saturated heterocycles. The Balaban J connectivity index is 1.49. The highest BCUT2D eigenvalue weighted by atomic mass is 16.1. The standard InChI is InChI=1S/C21H22N4O2/c1-25-15-18(14-24-25)21-17(9-6-12-22-21)13-23-20(27)11-5-10-19(26)16-7-3-2-4-8-16/h2-4,6-9,12,14-15H,5,10-11,13H2,1H3,(H,23,27). The molecule has 0 bridgehead atoms. The summed E-state index contributed by atoms with van der Waals surface area (Å²) >= 11 is 0. The molecule has 2 heterocycles. The van der Waals surface area contributed by atoms with Crippen molar-refractivity contribution >= 4 is 11.7 Å². The maximum Gasteiger partial charge on any atom is 0.220 e. The Labute approximate surface area is 158 Å². The molecule has 1 aromatic carbocycles. The van der Waals surface area contributed by atoms with Crippen molar-refractivity contribution in [3.63, 3.8) is 0 Å². The van der Waals surface area contributed by atoms with Crippen LogP contribution in [0.1, 0.15) is 35.2 Å². The van der Waals surface area contributed by atoms with Gasteiger partial charge in [-0.15, -0.1) is 0 Å². The maximum absolute atomic E-state index is 12.1. The van der Waals surface area contributed by atoms with E-state index in [1.807, 2.05) is 43.6 Å². The van der Waals surface area contributed by atoms with Gasteiger partial charge in [-0.1, -0.05) is 36.4 Å². The highest BCUT2D eigenvalue weighted by Crippen LogP contribution is 2.20. The number of hydrogen-bond donors (Lipinski definition) is 1. The molecular weight excluding hydrogens is 340 g/mol. The molecule has 1 amide bonds. The number of amides is 1. The van der Waals surface area contributed by atoms with Gasteiger partial charge in [-0.2, -0.15) is 5.10 Å². The largest absolute Gasteiger partial charge is 0.352 e. The highest BCUT2D eigenvalue weighted by molar-refractivity contribution is 5.96. The molecule has 6 heteroatoms. The third-order valence-electron chi connectivity index (χ3n) is 4.25. The van der Waals surface area contributed by atoms with Gasteiger partial charge in [0.15, 0.2) is 5.78 Å². The molecule has 0 spiro atoms. The van der Waals surface area contributed by atoms with Crippen LogP contribution in [-0.2, 0) is 18.4 Å². The number of nitrogens with one attached hydrogen (secondary N) is 1. The lowest BCUT2D eigenvalue weighted by atomic mass is 10.1. The summed E-state index contributed by atoms with van der Waals surface area (Å²) in [4.78, 5) is 28.6. The molecule has 0 atom stereocenters. The van der Waals surface area contributed by atoms with Gasteiger partial charge >= 0.3 is 0 Å². The topological polar surface area (TPSA) is 76.9 Å². The molecule has 6 nitrogen and oxygen atoms in total. The van der Waals surface area contributed by atoms with E-state index in [9.17, 15) is 9.59 Å². The second kappa shape index (κ2) is 8.89. The second-order valence-corrected chi connectivity index (χ2v) is 6.33. The zero-order chi connectivity index (χ0) is 19.1. The molecule has 2 aromatic heterocycles. The van der Waals surface area contributed by atoms with E-state index in [1.54, 1.807) is 29.2 Å². The highest BCUT2D eigenvalue weighted by Gasteiger charge is 2.10. The number of ketones is 1. The van der Waals surface area contributed by atoms with E-state index < -0.39 is 0 Å². The van der Waals surface area contributed by atoms with E-state index in [0.717, 1.165) is 16.8 Å². The normalized spacial score (nSPS) is 10.6. The first-order valence-electron chi connectivity index (χ1n) is 8.91. The van der Waals surface area contributed by atoms with Crippen LogP contribution in [0.3, 0.4) is 0 Å². The fraction of sp³-hybridized carbons (Fsp3) is 0.238. The summed E-state index contributed by atoms with van der Waals surface area (Å²) in [6, 6.07) is 12.9. The van der Waals surface area contributed by atoms with E-state index in [4.69, 9.17) is 0 Å². The lowest BCUT2D eigenvalue weighted by Gasteiger charge is -2.09. The molecule has 0 aliphatic carbocycles. The van der Waals surface area contributed by atoms with Crippen LogP contribution in [0.5, 0.6) is 0 Å². The van der Waals surface area contributed by atoms with Gasteiger partial charge in [0.1, 0.15) is 0 Å². The molecule has 0 radical (unpaired) electrons. The van der Waals surface area contributed by atoms with Crippen molar-refractivity contribution in [2.24, 2.45) is 7.05 Å². The third kappa shape index (κ3) is 5.10. The molecular formula is C21H22N4O2. The van der Waals surface area contributed by atoms with Crippen molar-refractivity contribution in [2.75, 3.05) is 0 Å². The van der Waals surface area contributed by atoms with Crippen LogP contribution < -0.4 is 5.32 Å². The number of hydrogen-bond acceptors (Lipinski definition) is 4. The minimum atomic E-state index is -0.0724.